The number of guanidine groups is 1. The highest BCUT2D eigenvalue weighted by molar-refractivity contribution is 5.85. The standard InChI is InChI=1S/C26H47N5O12/c1-4-7-38-9-11-40-13-14-41-12-10-39-8-6-31(5-2)26(37)43-22(19(34)16-32)23-21(29-17(3)33)18(30-25(27)28)15-20(42-23)24(35)36/h15,18-19,21-23,32,34H,4-14,16H2,1-3H3,(H,29,33)(H,35,36)(H4,27,28,30)/t18-,19-,21+,22-,23+/m1/s1. The Morgan fingerprint density at radius 2 is 1.58 bits per heavy atom. The van der Waals surface area contributed by atoms with Gasteiger partial charge in [-0.2, -0.15) is 0 Å². The van der Waals surface area contributed by atoms with Crippen molar-refractivity contribution in [2.75, 3.05) is 72.6 Å². The number of ether oxygens (including phenoxy) is 6. The Bertz CT molecular complexity index is 902. The van der Waals surface area contributed by atoms with Gasteiger partial charge in [0, 0.05) is 26.6 Å². The predicted molar refractivity (Wildman–Crippen MR) is 152 cm³/mol. The molecule has 0 aromatic carbocycles. The SMILES string of the molecule is CCCOCCOCCOCCOCCN(CC)C(=O)O[C@@H]([C@H]1OC(C(=O)O)=C[C@@H](N=C(N)N)[C@@H]1NC(C)=O)[C@H](O)CO. The van der Waals surface area contributed by atoms with Crippen LogP contribution in [0.5, 0.6) is 0 Å². The molecule has 17 heteroatoms. The lowest BCUT2D eigenvalue weighted by Gasteiger charge is -2.40. The number of amides is 2. The Hall–Kier alpha value is -3.22. The van der Waals surface area contributed by atoms with E-state index < -0.39 is 66.7 Å². The average Bonchev–Trinajstić information content (AvgIpc) is 2.95. The number of hydrogen-bond donors (Lipinski definition) is 6. The van der Waals surface area contributed by atoms with Crippen molar-refractivity contribution in [1.82, 2.24) is 10.2 Å². The van der Waals surface area contributed by atoms with E-state index in [1.54, 1.807) is 6.92 Å². The molecule has 8 N–H and O–H groups in total. The smallest absolute Gasteiger partial charge is 0.410 e. The first-order chi connectivity index (χ1) is 20.5. The molecule has 0 fully saturated rings. The number of rotatable bonds is 22. The number of hydrogen-bond acceptors (Lipinski definition) is 12. The lowest BCUT2D eigenvalue weighted by molar-refractivity contribution is -0.146. The normalized spacial score (nSPS) is 19.4. The summed E-state index contributed by atoms with van der Waals surface area (Å²) in [6, 6.07) is -2.34. The monoisotopic (exact) mass is 621 g/mol. The third-order valence-electron chi connectivity index (χ3n) is 5.92. The van der Waals surface area contributed by atoms with E-state index in [9.17, 15) is 29.7 Å². The number of carbonyl (C=O) groups excluding carboxylic acids is 2. The fourth-order valence-electron chi connectivity index (χ4n) is 3.92. The molecule has 0 saturated heterocycles. The van der Waals surface area contributed by atoms with Crippen molar-refractivity contribution in [3.05, 3.63) is 11.8 Å². The van der Waals surface area contributed by atoms with Crippen LogP contribution in [-0.4, -0.2) is 147 Å². The van der Waals surface area contributed by atoms with Crippen LogP contribution in [0.3, 0.4) is 0 Å². The van der Waals surface area contributed by atoms with E-state index in [2.05, 4.69) is 10.3 Å². The van der Waals surface area contributed by atoms with Gasteiger partial charge >= 0.3 is 12.1 Å². The first-order valence-electron chi connectivity index (χ1n) is 14.1. The Morgan fingerprint density at radius 3 is 2.05 bits per heavy atom. The molecule has 1 rings (SSSR count). The van der Waals surface area contributed by atoms with Crippen LogP contribution in [0.2, 0.25) is 0 Å². The van der Waals surface area contributed by atoms with Crippen molar-refractivity contribution < 1.29 is 58.1 Å². The maximum atomic E-state index is 13.1. The van der Waals surface area contributed by atoms with Crippen LogP contribution in [0.1, 0.15) is 27.2 Å². The van der Waals surface area contributed by atoms with E-state index in [-0.39, 0.29) is 26.3 Å². The Morgan fingerprint density at radius 1 is 1.02 bits per heavy atom. The Labute approximate surface area is 251 Å². The Kier molecular flexibility index (Phi) is 18.9. The molecule has 0 bridgehead atoms. The molecule has 0 aliphatic carbocycles. The highest BCUT2D eigenvalue weighted by atomic mass is 16.6. The predicted octanol–water partition coefficient (Wildman–Crippen LogP) is -1.84. The van der Waals surface area contributed by atoms with Crippen molar-refractivity contribution in [1.29, 1.82) is 0 Å². The number of aliphatic hydroxyl groups is 2. The molecule has 0 aromatic heterocycles. The zero-order chi connectivity index (χ0) is 32.2. The van der Waals surface area contributed by atoms with E-state index >= 15 is 0 Å². The summed E-state index contributed by atoms with van der Waals surface area (Å²) >= 11 is 0. The fourth-order valence-corrected chi connectivity index (χ4v) is 3.92. The van der Waals surface area contributed by atoms with Crippen molar-refractivity contribution >= 4 is 23.9 Å². The van der Waals surface area contributed by atoms with Gasteiger partial charge in [-0.1, -0.05) is 6.92 Å². The summed E-state index contributed by atoms with van der Waals surface area (Å²) < 4.78 is 32.7. The molecular formula is C26H47N5O12. The summed E-state index contributed by atoms with van der Waals surface area (Å²) in [7, 11) is 0. The second-order valence-electron chi connectivity index (χ2n) is 9.32. The van der Waals surface area contributed by atoms with Gasteiger partial charge in [0.15, 0.2) is 18.2 Å². The summed E-state index contributed by atoms with van der Waals surface area (Å²) in [6.45, 7) is 7.60. The van der Waals surface area contributed by atoms with Crippen LogP contribution in [0.4, 0.5) is 4.79 Å². The number of nitrogens with zero attached hydrogens (tertiary/aromatic N) is 2. The first-order valence-corrected chi connectivity index (χ1v) is 14.1. The number of aliphatic hydroxyl groups excluding tert-OH is 2. The molecule has 0 spiro atoms. The van der Waals surface area contributed by atoms with Gasteiger partial charge in [-0.05, 0) is 19.4 Å². The lowest BCUT2D eigenvalue weighted by Crippen LogP contribution is -2.61. The third-order valence-corrected chi connectivity index (χ3v) is 5.92. The third kappa shape index (κ3) is 14.7. The van der Waals surface area contributed by atoms with E-state index in [1.165, 1.54) is 11.8 Å². The quantitative estimate of drug-likeness (QED) is 0.0442. The zero-order valence-corrected chi connectivity index (χ0v) is 25.0. The number of aliphatic imine (C=N–C) groups is 1. The molecule has 0 radical (unpaired) electrons. The molecule has 1 heterocycles. The minimum absolute atomic E-state index is 0.107. The number of carboxylic acids is 1. The minimum Gasteiger partial charge on any atom is -0.477 e. The van der Waals surface area contributed by atoms with Gasteiger partial charge in [-0.3, -0.25) is 4.79 Å². The molecule has 0 unspecified atom stereocenters. The molecule has 1 aliphatic rings. The molecule has 0 saturated carbocycles. The number of carbonyl (C=O) groups is 3. The highest BCUT2D eigenvalue weighted by Crippen LogP contribution is 2.27. The molecule has 5 atom stereocenters. The van der Waals surface area contributed by atoms with Gasteiger partial charge < -0.3 is 65.4 Å². The maximum absolute atomic E-state index is 13.1. The van der Waals surface area contributed by atoms with E-state index in [4.69, 9.17) is 39.9 Å². The van der Waals surface area contributed by atoms with Crippen LogP contribution in [0.25, 0.3) is 0 Å². The van der Waals surface area contributed by atoms with Crippen LogP contribution in [-0.2, 0) is 38.0 Å². The second-order valence-corrected chi connectivity index (χ2v) is 9.32. The zero-order valence-electron chi connectivity index (χ0n) is 25.0. The lowest BCUT2D eigenvalue weighted by atomic mass is 9.92. The number of nitrogens with one attached hydrogen (secondary N) is 1. The molecule has 2 amide bonds. The molecule has 1 aliphatic heterocycles. The maximum Gasteiger partial charge on any atom is 0.410 e. The highest BCUT2D eigenvalue weighted by Gasteiger charge is 2.46. The molecule has 248 valence electrons. The van der Waals surface area contributed by atoms with Gasteiger partial charge in [0.1, 0.15) is 6.10 Å². The Balaban J connectivity index is 2.76. The van der Waals surface area contributed by atoms with Crippen molar-refractivity contribution in [2.24, 2.45) is 16.5 Å². The second kappa shape index (κ2) is 21.5. The van der Waals surface area contributed by atoms with E-state index in [0.29, 0.717) is 39.6 Å². The van der Waals surface area contributed by atoms with Crippen LogP contribution in [0, 0.1) is 0 Å². The van der Waals surface area contributed by atoms with Gasteiger partial charge in [0.2, 0.25) is 11.7 Å². The molecule has 0 aromatic rings. The van der Waals surface area contributed by atoms with Gasteiger partial charge in [-0.15, -0.1) is 0 Å². The van der Waals surface area contributed by atoms with Gasteiger partial charge in [0.05, 0.1) is 64.9 Å². The number of aliphatic carboxylic acids is 1. The van der Waals surface area contributed by atoms with Crippen molar-refractivity contribution in [2.45, 2.75) is 57.6 Å². The fraction of sp³-hybridized carbons (Fsp3) is 0.769. The number of carboxylic acid groups (broad SMARTS) is 1. The number of likely N-dealkylation sites (N-methyl/N-ethyl adjacent to an activating group) is 1. The van der Waals surface area contributed by atoms with Gasteiger partial charge in [0.25, 0.3) is 0 Å². The summed E-state index contributed by atoms with van der Waals surface area (Å²) in [4.78, 5) is 42.0. The van der Waals surface area contributed by atoms with Crippen molar-refractivity contribution in [3.8, 4) is 0 Å². The van der Waals surface area contributed by atoms with Crippen LogP contribution < -0.4 is 16.8 Å². The molecule has 17 nitrogen and oxygen atoms in total. The van der Waals surface area contributed by atoms with Gasteiger partial charge in [-0.25, -0.2) is 14.6 Å². The molecule has 43 heavy (non-hydrogen) atoms. The average molecular weight is 622 g/mol. The first kappa shape index (κ1) is 37.8. The number of nitrogens with two attached hydrogens (primary N) is 2. The summed E-state index contributed by atoms with van der Waals surface area (Å²) in [5, 5.41) is 32.4. The van der Waals surface area contributed by atoms with E-state index in [1.807, 2.05) is 6.92 Å². The van der Waals surface area contributed by atoms with Crippen LogP contribution in [0.15, 0.2) is 16.8 Å². The topological polar surface area (TPSA) is 247 Å². The summed E-state index contributed by atoms with van der Waals surface area (Å²) in [5.41, 5.74) is 11.0. The van der Waals surface area contributed by atoms with Crippen LogP contribution >= 0.6 is 0 Å². The van der Waals surface area contributed by atoms with E-state index in [0.717, 1.165) is 12.5 Å². The summed E-state index contributed by atoms with van der Waals surface area (Å²) in [6.07, 6.45) is -3.75. The largest absolute Gasteiger partial charge is 0.477 e. The molecular weight excluding hydrogens is 574 g/mol. The summed E-state index contributed by atoms with van der Waals surface area (Å²) in [5.74, 6) is -3.08. The minimum atomic E-state index is -1.72. The van der Waals surface area contributed by atoms with Crippen molar-refractivity contribution in [3.63, 3.8) is 0 Å².